The zero-order valence-electron chi connectivity index (χ0n) is 10.2. The summed E-state index contributed by atoms with van der Waals surface area (Å²) < 4.78 is 14.0. The average molecular weight is 248 g/mol. The molecule has 96 valence electrons. The molecule has 18 heavy (non-hydrogen) atoms. The van der Waals surface area contributed by atoms with Crippen LogP contribution in [0.25, 0.3) is 6.08 Å². The maximum Gasteiger partial charge on any atom is 0.241 e. The molecule has 1 saturated heterocycles. The lowest BCUT2D eigenvalue weighted by molar-refractivity contribution is -0.113. The number of halogens is 1. The van der Waals surface area contributed by atoms with Crippen LogP contribution in [0.1, 0.15) is 24.8 Å². The number of carbonyl (C=O) groups is 1. The molecule has 1 aromatic carbocycles. The largest absolute Gasteiger partial charge is 0.369 e. The maximum atomic E-state index is 14.0. The van der Waals surface area contributed by atoms with Crippen LogP contribution in [0.3, 0.4) is 0 Å². The number of hydrogen-bond donors (Lipinski definition) is 1. The van der Waals surface area contributed by atoms with Gasteiger partial charge in [0.25, 0.3) is 0 Å². The summed E-state index contributed by atoms with van der Waals surface area (Å²) in [7, 11) is 0. The second kappa shape index (κ2) is 5.67. The molecule has 4 heteroatoms. The minimum absolute atomic E-state index is 0.247. The molecular weight excluding hydrogens is 231 g/mol. The fourth-order valence-corrected chi connectivity index (χ4v) is 2.20. The van der Waals surface area contributed by atoms with Gasteiger partial charge in [-0.15, -0.1) is 0 Å². The van der Waals surface area contributed by atoms with Crippen molar-refractivity contribution in [3.05, 3.63) is 35.7 Å². The molecule has 0 aromatic heterocycles. The van der Waals surface area contributed by atoms with Gasteiger partial charge in [-0.3, -0.25) is 4.79 Å². The molecule has 0 radical (unpaired) electrons. The molecule has 0 atom stereocenters. The van der Waals surface area contributed by atoms with Crippen LogP contribution in [0.5, 0.6) is 0 Å². The van der Waals surface area contributed by atoms with Gasteiger partial charge in [0.1, 0.15) is 5.82 Å². The first kappa shape index (κ1) is 12.6. The van der Waals surface area contributed by atoms with Crippen LogP contribution in [-0.2, 0) is 4.79 Å². The number of hydrogen-bond acceptors (Lipinski definition) is 2. The third-order valence-corrected chi connectivity index (χ3v) is 3.11. The Labute approximate surface area is 106 Å². The van der Waals surface area contributed by atoms with Gasteiger partial charge < -0.3 is 10.6 Å². The van der Waals surface area contributed by atoms with E-state index in [1.807, 2.05) is 0 Å². The van der Waals surface area contributed by atoms with Gasteiger partial charge in [0, 0.05) is 19.2 Å². The van der Waals surface area contributed by atoms with Crippen LogP contribution >= 0.6 is 0 Å². The van der Waals surface area contributed by atoms with E-state index in [1.165, 1.54) is 24.6 Å². The quantitative estimate of drug-likeness (QED) is 0.834. The molecule has 0 spiro atoms. The molecule has 1 fully saturated rings. The second-order valence-electron chi connectivity index (χ2n) is 4.49. The van der Waals surface area contributed by atoms with Gasteiger partial charge in [-0.2, -0.15) is 0 Å². The van der Waals surface area contributed by atoms with Gasteiger partial charge >= 0.3 is 0 Å². The number of nitrogens with zero attached hydrogens (tertiary/aromatic N) is 1. The van der Waals surface area contributed by atoms with E-state index in [4.69, 9.17) is 5.73 Å². The molecule has 2 rings (SSSR count). The Morgan fingerprint density at radius 2 is 2.00 bits per heavy atom. The second-order valence-corrected chi connectivity index (χ2v) is 4.49. The Balaban J connectivity index is 2.16. The van der Waals surface area contributed by atoms with E-state index < -0.39 is 5.91 Å². The number of primary amides is 1. The zero-order valence-corrected chi connectivity index (χ0v) is 10.2. The first-order valence-corrected chi connectivity index (χ1v) is 6.19. The van der Waals surface area contributed by atoms with E-state index in [0.717, 1.165) is 25.9 Å². The van der Waals surface area contributed by atoms with Gasteiger partial charge in [-0.25, -0.2) is 4.39 Å². The number of amides is 1. The van der Waals surface area contributed by atoms with Gasteiger partial charge in [-0.05, 0) is 43.0 Å². The first-order valence-electron chi connectivity index (χ1n) is 6.19. The summed E-state index contributed by atoms with van der Waals surface area (Å²) in [5.74, 6) is -0.779. The third kappa shape index (κ3) is 3.09. The maximum absolute atomic E-state index is 14.0. The minimum atomic E-state index is -0.532. The average Bonchev–Trinajstić information content (AvgIpc) is 2.37. The monoisotopic (exact) mass is 248 g/mol. The van der Waals surface area contributed by atoms with E-state index in [1.54, 1.807) is 12.1 Å². The number of benzene rings is 1. The molecule has 0 unspecified atom stereocenters. The van der Waals surface area contributed by atoms with E-state index in [9.17, 15) is 9.18 Å². The third-order valence-electron chi connectivity index (χ3n) is 3.11. The van der Waals surface area contributed by atoms with Crippen molar-refractivity contribution in [3.63, 3.8) is 0 Å². The summed E-state index contributed by atoms with van der Waals surface area (Å²) in [6.45, 7) is 1.82. The fraction of sp³-hybridized carbons (Fsp3) is 0.357. The molecule has 2 N–H and O–H groups in total. The Kier molecular flexibility index (Phi) is 3.97. The van der Waals surface area contributed by atoms with E-state index in [0.29, 0.717) is 11.3 Å². The zero-order chi connectivity index (χ0) is 13.0. The standard InChI is InChI=1S/C14H17FN2O/c15-12-10-11(5-7-14(16)18)4-6-13(12)17-8-2-1-3-9-17/h4-7,10H,1-3,8-9H2,(H2,16,18)/b7-5-. The van der Waals surface area contributed by atoms with Crippen molar-refractivity contribution in [1.82, 2.24) is 0 Å². The number of piperidine rings is 1. The highest BCUT2D eigenvalue weighted by atomic mass is 19.1. The van der Waals surface area contributed by atoms with Gasteiger partial charge in [0.05, 0.1) is 5.69 Å². The van der Waals surface area contributed by atoms with Crippen molar-refractivity contribution in [2.24, 2.45) is 5.73 Å². The molecule has 1 amide bonds. The topological polar surface area (TPSA) is 46.3 Å². The summed E-state index contributed by atoms with van der Waals surface area (Å²) >= 11 is 0. The predicted molar refractivity (Wildman–Crippen MR) is 70.7 cm³/mol. The number of rotatable bonds is 3. The van der Waals surface area contributed by atoms with Gasteiger partial charge in [0.15, 0.2) is 0 Å². The lowest BCUT2D eigenvalue weighted by Crippen LogP contribution is -2.30. The number of carbonyl (C=O) groups excluding carboxylic acids is 1. The highest BCUT2D eigenvalue weighted by Crippen LogP contribution is 2.24. The smallest absolute Gasteiger partial charge is 0.241 e. The van der Waals surface area contributed by atoms with E-state index in [-0.39, 0.29) is 5.82 Å². The molecular formula is C14H17FN2O. The normalized spacial score (nSPS) is 16.2. The Hall–Kier alpha value is -1.84. The van der Waals surface area contributed by atoms with Crippen molar-refractivity contribution in [1.29, 1.82) is 0 Å². The Bertz CT molecular complexity index is 465. The van der Waals surface area contributed by atoms with Crippen LogP contribution < -0.4 is 10.6 Å². The molecule has 0 saturated carbocycles. The SMILES string of the molecule is NC(=O)/C=C\c1ccc(N2CCCCC2)c(F)c1. The van der Waals surface area contributed by atoms with Crippen LogP contribution in [0.15, 0.2) is 24.3 Å². The van der Waals surface area contributed by atoms with E-state index in [2.05, 4.69) is 4.90 Å². The number of anilines is 1. The van der Waals surface area contributed by atoms with Crippen molar-refractivity contribution in [3.8, 4) is 0 Å². The van der Waals surface area contributed by atoms with Crippen molar-refractivity contribution in [2.75, 3.05) is 18.0 Å². The van der Waals surface area contributed by atoms with Crippen LogP contribution in [-0.4, -0.2) is 19.0 Å². The molecule has 1 heterocycles. The summed E-state index contributed by atoms with van der Waals surface area (Å²) in [5.41, 5.74) is 6.29. The molecule has 1 aromatic rings. The summed E-state index contributed by atoms with van der Waals surface area (Å²) in [5, 5.41) is 0. The molecule has 0 bridgehead atoms. The summed E-state index contributed by atoms with van der Waals surface area (Å²) in [4.78, 5) is 12.7. The summed E-state index contributed by atoms with van der Waals surface area (Å²) in [6, 6.07) is 5.00. The summed E-state index contributed by atoms with van der Waals surface area (Å²) in [6.07, 6.45) is 6.20. The minimum Gasteiger partial charge on any atom is -0.369 e. The Morgan fingerprint density at radius 1 is 1.28 bits per heavy atom. The highest BCUT2D eigenvalue weighted by Gasteiger charge is 2.14. The van der Waals surface area contributed by atoms with Crippen molar-refractivity contribution >= 4 is 17.7 Å². The van der Waals surface area contributed by atoms with E-state index >= 15 is 0 Å². The molecule has 3 nitrogen and oxygen atoms in total. The molecule has 1 aliphatic rings. The lowest BCUT2D eigenvalue weighted by Gasteiger charge is -2.29. The molecule has 1 aliphatic heterocycles. The van der Waals surface area contributed by atoms with Gasteiger partial charge in [-0.1, -0.05) is 6.07 Å². The Morgan fingerprint density at radius 3 is 2.61 bits per heavy atom. The lowest BCUT2D eigenvalue weighted by atomic mass is 10.1. The van der Waals surface area contributed by atoms with Crippen LogP contribution in [0.4, 0.5) is 10.1 Å². The van der Waals surface area contributed by atoms with Crippen LogP contribution in [0.2, 0.25) is 0 Å². The number of nitrogens with two attached hydrogens (primary N) is 1. The highest BCUT2D eigenvalue weighted by molar-refractivity contribution is 5.90. The van der Waals surface area contributed by atoms with Crippen molar-refractivity contribution in [2.45, 2.75) is 19.3 Å². The first-order chi connectivity index (χ1) is 8.66. The van der Waals surface area contributed by atoms with Crippen molar-refractivity contribution < 1.29 is 9.18 Å². The predicted octanol–water partition coefficient (Wildman–Crippen LogP) is 2.31. The fourth-order valence-electron chi connectivity index (χ4n) is 2.20. The molecule has 0 aliphatic carbocycles. The van der Waals surface area contributed by atoms with Gasteiger partial charge in [0.2, 0.25) is 5.91 Å². The van der Waals surface area contributed by atoms with Crippen LogP contribution in [0, 0.1) is 5.82 Å².